The number of hydrogen-bond donors (Lipinski definition) is 0. The van der Waals surface area contributed by atoms with Crippen LogP contribution >= 0.6 is 0 Å². The Morgan fingerprint density at radius 2 is 1.70 bits per heavy atom. The number of hydrogen-bond acceptors (Lipinski definition) is 8. The first-order valence-corrected chi connectivity index (χ1v) is 10.6. The van der Waals surface area contributed by atoms with Crippen molar-refractivity contribution in [2.45, 2.75) is 11.5 Å². The summed E-state index contributed by atoms with van der Waals surface area (Å²) in [7, 11) is -2.11. The molecule has 10 heteroatoms. The van der Waals surface area contributed by atoms with Crippen molar-refractivity contribution < 1.29 is 26.5 Å². The summed E-state index contributed by atoms with van der Waals surface area (Å²) < 4.78 is 53.8. The molecule has 0 saturated heterocycles. The van der Waals surface area contributed by atoms with E-state index in [9.17, 15) is 12.8 Å². The summed E-state index contributed by atoms with van der Waals surface area (Å²) in [4.78, 5) is 8.13. The highest BCUT2D eigenvalue weighted by Crippen LogP contribution is 2.23. The molecule has 30 heavy (non-hydrogen) atoms. The van der Waals surface area contributed by atoms with Crippen molar-refractivity contribution in [3.63, 3.8) is 0 Å². The van der Waals surface area contributed by atoms with Crippen LogP contribution in [0.1, 0.15) is 11.7 Å². The number of nitrogens with zero attached hydrogens (tertiary/aromatic N) is 3. The fourth-order valence-corrected chi connectivity index (χ4v) is 3.85. The number of sulfone groups is 1. The fourth-order valence-electron chi connectivity index (χ4n) is 2.72. The van der Waals surface area contributed by atoms with Crippen molar-refractivity contribution in [3.8, 4) is 28.5 Å². The number of halogens is 1. The highest BCUT2D eigenvalue weighted by Gasteiger charge is 2.21. The molecule has 0 bridgehead atoms. The Balaban J connectivity index is 1.45. The van der Waals surface area contributed by atoms with Gasteiger partial charge >= 0.3 is 0 Å². The van der Waals surface area contributed by atoms with Crippen molar-refractivity contribution in [2.24, 2.45) is 0 Å². The van der Waals surface area contributed by atoms with Gasteiger partial charge in [0.25, 0.3) is 5.89 Å². The van der Waals surface area contributed by atoms with E-state index in [1.165, 1.54) is 30.5 Å². The van der Waals surface area contributed by atoms with Crippen LogP contribution in [-0.2, 0) is 21.3 Å². The van der Waals surface area contributed by atoms with Gasteiger partial charge in [0.2, 0.25) is 5.89 Å². The van der Waals surface area contributed by atoms with E-state index in [1.54, 1.807) is 31.4 Å². The number of ether oxygens (including phenoxy) is 1. The molecule has 2 aromatic heterocycles. The van der Waals surface area contributed by atoms with Crippen molar-refractivity contribution in [2.75, 3.05) is 7.11 Å². The van der Waals surface area contributed by atoms with Crippen LogP contribution in [0.3, 0.4) is 0 Å². The minimum atomic E-state index is -3.66. The average molecular weight is 429 g/mol. The van der Waals surface area contributed by atoms with E-state index < -0.39 is 21.3 Å². The zero-order valence-corrected chi connectivity index (χ0v) is 16.6. The maximum atomic E-state index is 13.0. The third kappa shape index (κ3) is 4.54. The standard InChI is InChI=1S/C20H16FN3O5S/c1-27-16-8-4-14(5-9-16)20-23-18(24-29-20)11-30(25,26)12-19-22-10-17(28-19)13-2-6-15(21)7-3-13/h2-10H,11-12H2,1H3. The van der Waals surface area contributed by atoms with Gasteiger partial charge in [0, 0.05) is 11.1 Å². The SMILES string of the molecule is COc1ccc(-c2nc(CS(=O)(=O)Cc3ncc(-c4ccc(F)cc4)o3)no2)cc1. The molecule has 4 aromatic rings. The molecule has 2 aromatic carbocycles. The lowest BCUT2D eigenvalue weighted by atomic mass is 10.2. The summed E-state index contributed by atoms with van der Waals surface area (Å²) in [5, 5.41) is 3.74. The molecule has 0 unspecified atom stereocenters. The Hall–Kier alpha value is -3.53. The van der Waals surface area contributed by atoms with Gasteiger partial charge in [-0.2, -0.15) is 4.98 Å². The predicted molar refractivity (Wildman–Crippen MR) is 105 cm³/mol. The number of rotatable bonds is 7. The van der Waals surface area contributed by atoms with Crippen molar-refractivity contribution in [1.82, 2.24) is 15.1 Å². The summed E-state index contributed by atoms with van der Waals surface area (Å²) in [6.07, 6.45) is 1.40. The summed E-state index contributed by atoms with van der Waals surface area (Å²) >= 11 is 0. The Bertz CT molecular complexity index is 1250. The molecule has 8 nitrogen and oxygen atoms in total. The van der Waals surface area contributed by atoms with Crippen molar-refractivity contribution >= 4 is 9.84 Å². The van der Waals surface area contributed by atoms with Crippen molar-refractivity contribution in [3.05, 3.63) is 72.3 Å². The minimum Gasteiger partial charge on any atom is -0.497 e. The Labute approximate surface area is 171 Å². The van der Waals surface area contributed by atoms with E-state index in [0.29, 0.717) is 22.6 Å². The minimum absolute atomic E-state index is 0.0215. The van der Waals surface area contributed by atoms with Crippen LogP contribution in [0.5, 0.6) is 5.75 Å². The summed E-state index contributed by atoms with van der Waals surface area (Å²) in [6.45, 7) is 0. The second kappa shape index (κ2) is 8.07. The molecule has 0 amide bonds. The summed E-state index contributed by atoms with van der Waals surface area (Å²) in [5.74, 6) is 0.0438. The molecular formula is C20H16FN3O5S. The van der Waals surface area contributed by atoms with Crippen LogP contribution in [0.4, 0.5) is 4.39 Å². The lowest BCUT2D eigenvalue weighted by Gasteiger charge is -1.99. The van der Waals surface area contributed by atoms with Gasteiger partial charge in [-0.25, -0.2) is 17.8 Å². The zero-order chi connectivity index (χ0) is 21.1. The third-order valence-corrected chi connectivity index (χ3v) is 5.56. The maximum Gasteiger partial charge on any atom is 0.257 e. The monoisotopic (exact) mass is 429 g/mol. The third-order valence-electron chi connectivity index (χ3n) is 4.18. The van der Waals surface area contributed by atoms with E-state index in [-0.39, 0.29) is 23.4 Å². The molecule has 0 aliphatic heterocycles. The second-order valence-corrected chi connectivity index (χ2v) is 8.47. The van der Waals surface area contributed by atoms with Gasteiger partial charge in [-0.3, -0.25) is 0 Å². The van der Waals surface area contributed by atoms with Gasteiger partial charge in [0.15, 0.2) is 21.4 Å². The van der Waals surface area contributed by atoms with Crippen LogP contribution in [0.15, 0.2) is 63.7 Å². The van der Waals surface area contributed by atoms with Gasteiger partial charge in [-0.05, 0) is 48.5 Å². The quantitative estimate of drug-likeness (QED) is 0.438. The molecule has 0 N–H and O–H groups in total. The van der Waals surface area contributed by atoms with Crippen molar-refractivity contribution in [1.29, 1.82) is 0 Å². The van der Waals surface area contributed by atoms with Crippen LogP contribution < -0.4 is 4.74 Å². The van der Waals surface area contributed by atoms with Crippen LogP contribution in [0.25, 0.3) is 22.8 Å². The van der Waals surface area contributed by atoms with Gasteiger partial charge in [0.1, 0.15) is 23.1 Å². The van der Waals surface area contributed by atoms with E-state index in [1.807, 2.05) is 0 Å². The molecule has 0 spiro atoms. The van der Waals surface area contributed by atoms with Gasteiger partial charge in [-0.1, -0.05) is 5.16 Å². The van der Waals surface area contributed by atoms with Gasteiger partial charge in [-0.15, -0.1) is 0 Å². The predicted octanol–water partition coefficient (Wildman–Crippen LogP) is 3.65. The molecule has 2 heterocycles. The Morgan fingerprint density at radius 1 is 1.00 bits per heavy atom. The van der Waals surface area contributed by atoms with E-state index in [4.69, 9.17) is 13.7 Å². The van der Waals surface area contributed by atoms with Crippen LogP contribution in [0, 0.1) is 5.82 Å². The first-order valence-electron chi connectivity index (χ1n) is 8.80. The van der Waals surface area contributed by atoms with E-state index in [0.717, 1.165) is 0 Å². The largest absolute Gasteiger partial charge is 0.497 e. The highest BCUT2D eigenvalue weighted by molar-refractivity contribution is 7.89. The number of aromatic nitrogens is 3. The summed E-state index contributed by atoms with van der Waals surface area (Å²) in [5.41, 5.74) is 1.23. The molecule has 4 rings (SSSR count). The zero-order valence-electron chi connectivity index (χ0n) is 15.8. The van der Waals surface area contributed by atoms with E-state index in [2.05, 4.69) is 15.1 Å². The van der Waals surface area contributed by atoms with E-state index >= 15 is 0 Å². The number of methoxy groups -OCH3 is 1. The number of benzene rings is 2. The summed E-state index contributed by atoms with van der Waals surface area (Å²) in [6, 6.07) is 12.5. The molecule has 0 aliphatic rings. The Morgan fingerprint density at radius 3 is 2.40 bits per heavy atom. The average Bonchev–Trinajstić information content (AvgIpc) is 3.37. The van der Waals surface area contributed by atoms with Crippen LogP contribution in [-0.4, -0.2) is 30.7 Å². The Kier molecular flexibility index (Phi) is 5.32. The second-order valence-electron chi connectivity index (χ2n) is 6.40. The molecule has 154 valence electrons. The molecule has 0 radical (unpaired) electrons. The lowest BCUT2D eigenvalue weighted by Crippen LogP contribution is -2.09. The molecule has 0 fully saturated rings. The normalized spacial score (nSPS) is 11.5. The highest BCUT2D eigenvalue weighted by atomic mass is 32.2. The smallest absolute Gasteiger partial charge is 0.257 e. The molecular weight excluding hydrogens is 413 g/mol. The van der Waals surface area contributed by atoms with Gasteiger partial charge in [0.05, 0.1) is 13.3 Å². The van der Waals surface area contributed by atoms with Gasteiger partial charge < -0.3 is 13.7 Å². The fraction of sp³-hybridized carbons (Fsp3) is 0.150. The maximum absolute atomic E-state index is 13.0. The molecule has 0 aliphatic carbocycles. The first-order chi connectivity index (χ1) is 14.4. The van der Waals surface area contributed by atoms with Crippen LogP contribution in [0.2, 0.25) is 0 Å². The number of oxazole rings is 1. The first kappa shape index (κ1) is 19.8. The topological polar surface area (TPSA) is 108 Å². The lowest BCUT2D eigenvalue weighted by molar-refractivity contribution is 0.414. The molecule has 0 saturated carbocycles. The molecule has 0 atom stereocenters.